The number of rotatable bonds is 4. The molecule has 23 heavy (non-hydrogen) atoms. The summed E-state index contributed by atoms with van der Waals surface area (Å²) in [5.41, 5.74) is 1.05. The number of imidazole rings is 1. The highest BCUT2D eigenvalue weighted by molar-refractivity contribution is 5.74. The molecule has 6 heteroatoms. The van der Waals surface area contributed by atoms with E-state index >= 15 is 0 Å². The second-order valence-electron chi connectivity index (χ2n) is 5.74. The minimum absolute atomic E-state index is 0.00707. The molecule has 0 bridgehead atoms. The number of nitrogens with one attached hydrogen (secondary N) is 1. The Balaban J connectivity index is 1.84. The van der Waals surface area contributed by atoms with E-state index in [0.29, 0.717) is 6.54 Å². The highest BCUT2D eigenvalue weighted by Gasteiger charge is 2.31. The van der Waals surface area contributed by atoms with E-state index in [1.807, 2.05) is 35.4 Å². The first kappa shape index (κ1) is 15.6. The fraction of sp³-hybridized carbons (Fsp3) is 0.412. The summed E-state index contributed by atoms with van der Waals surface area (Å²) < 4.78 is 5.49. The van der Waals surface area contributed by atoms with Gasteiger partial charge in [-0.15, -0.1) is 0 Å². The van der Waals surface area contributed by atoms with Crippen molar-refractivity contribution in [2.75, 3.05) is 26.7 Å². The number of hydrogen-bond acceptors (Lipinski definition) is 4. The third-order valence-electron chi connectivity index (χ3n) is 4.30. The van der Waals surface area contributed by atoms with Crippen LogP contribution in [-0.4, -0.2) is 52.4 Å². The zero-order chi connectivity index (χ0) is 16.2. The van der Waals surface area contributed by atoms with Gasteiger partial charge >= 0.3 is 0 Å². The van der Waals surface area contributed by atoms with Crippen LogP contribution in [0.25, 0.3) is 0 Å². The molecule has 1 amide bonds. The van der Waals surface area contributed by atoms with Crippen LogP contribution < -0.4 is 4.74 Å². The lowest BCUT2D eigenvalue weighted by atomic mass is 10.0. The molecule has 122 valence electrons. The standard InChI is InChI=1S/C17H22N4O2/c1-13(22)21-10-9-20(12-17-18-7-8-19-17)11-15(21)14-5-3-4-6-16(14)23-2/h3-8,15H,9-12H2,1-2H3,(H,18,19)/t15-/m0/s1. The molecule has 1 aromatic heterocycles. The number of methoxy groups -OCH3 is 1. The molecule has 1 saturated heterocycles. The van der Waals surface area contributed by atoms with Gasteiger partial charge in [0.2, 0.25) is 5.91 Å². The van der Waals surface area contributed by atoms with Gasteiger partial charge in [-0.2, -0.15) is 0 Å². The molecule has 1 atom stereocenters. The SMILES string of the molecule is COc1ccccc1[C@@H]1CN(Cc2ncc[nH]2)CCN1C(C)=O. The van der Waals surface area contributed by atoms with Crippen molar-refractivity contribution in [3.63, 3.8) is 0 Å². The number of carbonyl (C=O) groups is 1. The van der Waals surface area contributed by atoms with Gasteiger partial charge in [0.25, 0.3) is 0 Å². The lowest BCUT2D eigenvalue weighted by Gasteiger charge is -2.41. The van der Waals surface area contributed by atoms with Crippen LogP contribution in [0, 0.1) is 0 Å². The number of H-pyrrole nitrogens is 1. The number of piperazine rings is 1. The molecule has 1 aromatic carbocycles. The highest BCUT2D eigenvalue weighted by atomic mass is 16.5. The molecule has 0 aliphatic carbocycles. The second kappa shape index (κ2) is 6.83. The molecule has 6 nitrogen and oxygen atoms in total. The lowest BCUT2D eigenvalue weighted by Crippen LogP contribution is -2.49. The average Bonchev–Trinajstić information content (AvgIpc) is 3.07. The number of benzene rings is 1. The minimum Gasteiger partial charge on any atom is -0.496 e. The summed E-state index contributed by atoms with van der Waals surface area (Å²) in [5.74, 6) is 1.86. The fourth-order valence-electron chi connectivity index (χ4n) is 3.16. The third kappa shape index (κ3) is 3.37. The first-order chi connectivity index (χ1) is 11.2. The van der Waals surface area contributed by atoms with E-state index in [2.05, 4.69) is 14.9 Å². The zero-order valence-corrected chi connectivity index (χ0v) is 13.5. The van der Waals surface area contributed by atoms with E-state index in [1.54, 1.807) is 20.2 Å². The Hall–Kier alpha value is -2.34. The number of ether oxygens (including phenoxy) is 1. The van der Waals surface area contributed by atoms with Gasteiger partial charge in [0.15, 0.2) is 0 Å². The van der Waals surface area contributed by atoms with Gasteiger partial charge in [-0.25, -0.2) is 4.98 Å². The van der Waals surface area contributed by atoms with Gasteiger partial charge in [-0.3, -0.25) is 9.69 Å². The Morgan fingerprint density at radius 3 is 2.91 bits per heavy atom. The van der Waals surface area contributed by atoms with Crippen molar-refractivity contribution >= 4 is 5.91 Å². The topological polar surface area (TPSA) is 61.5 Å². The molecule has 1 fully saturated rings. The predicted octanol–water partition coefficient (Wildman–Crippen LogP) is 1.82. The average molecular weight is 314 g/mol. The van der Waals surface area contributed by atoms with E-state index in [0.717, 1.165) is 36.8 Å². The quantitative estimate of drug-likeness (QED) is 0.935. The van der Waals surface area contributed by atoms with Gasteiger partial charge in [-0.1, -0.05) is 18.2 Å². The van der Waals surface area contributed by atoms with Gasteiger partial charge in [0.1, 0.15) is 11.6 Å². The summed E-state index contributed by atoms with van der Waals surface area (Å²) in [6, 6.07) is 7.91. The first-order valence-electron chi connectivity index (χ1n) is 7.79. The van der Waals surface area contributed by atoms with Crippen LogP contribution in [0.1, 0.15) is 24.4 Å². The monoisotopic (exact) mass is 314 g/mol. The van der Waals surface area contributed by atoms with E-state index in [9.17, 15) is 4.79 Å². The summed E-state index contributed by atoms with van der Waals surface area (Å²) in [5, 5.41) is 0. The molecule has 3 rings (SSSR count). The molecule has 1 N–H and O–H groups in total. The Morgan fingerprint density at radius 1 is 1.39 bits per heavy atom. The number of carbonyl (C=O) groups excluding carboxylic acids is 1. The van der Waals surface area contributed by atoms with Crippen LogP contribution in [0.5, 0.6) is 5.75 Å². The minimum atomic E-state index is -0.00707. The Kier molecular flexibility index (Phi) is 4.62. The van der Waals surface area contributed by atoms with E-state index in [1.165, 1.54) is 0 Å². The Bertz CT molecular complexity index is 656. The highest BCUT2D eigenvalue weighted by Crippen LogP contribution is 2.32. The largest absolute Gasteiger partial charge is 0.496 e. The Labute approximate surface area is 136 Å². The van der Waals surface area contributed by atoms with Crippen molar-refractivity contribution < 1.29 is 9.53 Å². The first-order valence-corrected chi connectivity index (χ1v) is 7.79. The number of nitrogens with zero attached hydrogens (tertiary/aromatic N) is 3. The van der Waals surface area contributed by atoms with E-state index in [-0.39, 0.29) is 11.9 Å². The summed E-state index contributed by atoms with van der Waals surface area (Å²) in [6.07, 6.45) is 3.59. The number of aromatic nitrogens is 2. The molecule has 0 spiro atoms. The van der Waals surface area contributed by atoms with Crippen molar-refractivity contribution in [3.8, 4) is 5.75 Å². The molecule has 0 radical (unpaired) electrons. The van der Waals surface area contributed by atoms with Crippen molar-refractivity contribution in [1.29, 1.82) is 0 Å². The molecule has 0 unspecified atom stereocenters. The van der Waals surface area contributed by atoms with Crippen LogP contribution in [0.2, 0.25) is 0 Å². The van der Waals surface area contributed by atoms with Gasteiger partial charge < -0.3 is 14.6 Å². The summed E-state index contributed by atoms with van der Waals surface area (Å²) >= 11 is 0. The summed E-state index contributed by atoms with van der Waals surface area (Å²) in [7, 11) is 1.67. The molecule has 1 aliphatic heterocycles. The third-order valence-corrected chi connectivity index (χ3v) is 4.30. The maximum atomic E-state index is 12.1. The summed E-state index contributed by atoms with van der Waals surface area (Å²) in [6.45, 7) is 4.69. The van der Waals surface area contributed by atoms with E-state index in [4.69, 9.17) is 4.74 Å². The smallest absolute Gasteiger partial charge is 0.220 e. The number of para-hydroxylation sites is 1. The molecule has 2 heterocycles. The molecular formula is C17H22N4O2. The molecule has 2 aromatic rings. The second-order valence-corrected chi connectivity index (χ2v) is 5.74. The number of hydrogen-bond donors (Lipinski definition) is 1. The normalized spacial score (nSPS) is 18.9. The van der Waals surface area contributed by atoms with E-state index < -0.39 is 0 Å². The molecule has 1 aliphatic rings. The van der Waals surface area contributed by atoms with Crippen LogP contribution in [-0.2, 0) is 11.3 Å². The maximum Gasteiger partial charge on any atom is 0.220 e. The van der Waals surface area contributed by atoms with Crippen LogP contribution >= 0.6 is 0 Å². The van der Waals surface area contributed by atoms with Crippen molar-refractivity contribution in [1.82, 2.24) is 19.8 Å². The fourth-order valence-corrected chi connectivity index (χ4v) is 3.16. The Morgan fingerprint density at radius 2 is 2.22 bits per heavy atom. The van der Waals surface area contributed by atoms with Crippen molar-refractivity contribution in [3.05, 3.63) is 48.0 Å². The van der Waals surface area contributed by atoms with Crippen LogP contribution in [0.15, 0.2) is 36.7 Å². The summed E-state index contributed by atoms with van der Waals surface area (Å²) in [4.78, 5) is 23.7. The van der Waals surface area contributed by atoms with Gasteiger partial charge in [0.05, 0.1) is 19.7 Å². The number of aromatic amines is 1. The van der Waals surface area contributed by atoms with Gasteiger partial charge in [-0.05, 0) is 6.07 Å². The zero-order valence-electron chi connectivity index (χ0n) is 13.5. The van der Waals surface area contributed by atoms with Crippen LogP contribution in [0.3, 0.4) is 0 Å². The molecular weight excluding hydrogens is 292 g/mol. The van der Waals surface area contributed by atoms with Crippen LogP contribution in [0.4, 0.5) is 0 Å². The lowest BCUT2D eigenvalue weighted by molar-refractivity contribution is -0.134. The number of amides is 1. The predicted molar refractivity (Wildman–Crippen MR) is 87.0 cm³/mol. The van der Waals surface area contributed by atoms with Crippen molar-refractivity contribution in [2.24, 2.45) is 0 Å². The van der Waals surface area contributed by atoms with Crippen molar-refractivity contribution in [2.45, 2.75) is 19.5 Å². The maximum absolute atomic E-state index is 12.1. The van der Waals surface area contributed by atoms with Gasteiger partial charge in [0, 0.05) is 44.5 Å². The molecule has 0 saturated carbocycles.